The van der Waals surface area contributed by atoms with Crippen LogP contribution in [-0.2, 0) is 11.3 Å². The van der Waals surface area contributed by atoms with Crippen LogP contribution >= 0.6 is 11.3 Å². The van der Waals surface area contributed by atoms with Gasteiger partial charge in [0.2, 0.25) is 5.91 Å². The molecule has 1 fully saturated rings. The monoisotopic (exact) mass is 462 g/mol. The lowest BCUT2D eigenvalue weighted by atomic mass is 10.1. The molecule has 1 N–H and O–H groups in total. The minimum atomic E-state index is -0.339. The highest BCUT2D eigenvalue weighted by molar-refractivity contribution is 7.17. The van der Waals surface area contributed by atoms with Crippen molar-refractivity contribution in [3.8, 4) is 11.1 Å². The first kappa shape index (κ1) is 21.3. The van der Waals surface area contributed by atoms with Crippen molar-refractivity contribution in [3.05, 3.63) is 75.9 Å². The fourth-order valence-corrected chi connectivity index (χ4v) is 5.13. The highest BCUT2D eigenvalue weighted by Crippen LogP contribution is 2.30. The minimum Gasteiger partial charge on any atom is -0.372 e. The Balaban J connectivity index is 1.37. The average Bonchev–Trinajstić information content (AvgIpc) is 3.48. The number of hydrogen-bond acceptors (Lipinski definition) is 5. The fourth-order valence-electron chi connectivity index (χ4n) is 4.23. The van der Waals surface area contributed by atoms with Crippen LogP contribution in [0.1, 0.15) is 18.4 Å². The van der Waals surface area contributed by atoms with Gasteiger partial charge in [0.05, 0.1) is 11.7 Å². The molecule has 0 unspecified atom stereocenters. The van der Waals surface area contributed by atoms with Gasteiger partial charge in [0.1, 0.15) is 17.2 Å². The molecule has 1 aliphatic rings. The fraction of sp³-hybridized carbons (Fsp3) is 0.240. The number of aryl methyl sites for hydroxylation is 1. The number of amides is 1. The van der Waals surface area contributed by atoms with E-state index in [2.05, 4.69) is 21.3 Å². The van der Waals surface area contributed by atoms with Gasteiger partial charge in [-0.2, -0.15) is 0 Å². The van der Waals surface area contributed by atoms with E-state index in [-0.39, 0.29) is 23.8 Å². The second kappa shape index (κ2) is 8.78. The summed E-state index contributed by atoms with van der Waals surface area (Å²) in [5, 5.41) is 5.19. The van der Waals surface area contributed by atoms with E-state index in [4.69, 9.17) is 0 Å². The average molecular weight is 463 g/mol. The molecule has 0 spiro atoms. The summed E-state index contributed by atoms with van der Waals surface area (Å²) >= 11 is 1.35. The van der Waals surface area contributed by atoms with Gasteiger partial charge >= 0.3 is 0 Å². The lowest BCUT2D eigenvalue weighted by Gasteiger charge is -2.19. The van der Waals surface area contributed by atoms with Gasteiger partial charge in [-0.25, -0.2) is 9.37 Å². The SMILES string of the molecule is Cc1cc(N2CCCC2)ccc1NC(=O)Cn1cnc2scc(-c3ccc(F)cc3)c2c1=O. The molecular weight excluding hydrogens is 439 g/mol. The van der Waals surface area contributed by atoms with Crippen molar-refractivity contribution in [1.82, 2.24) is 9.55 Å². The first-order chi connectivity index (χ1) is 16.0. The van der Waals surface area contributed by atoms with Crippen molar-refractivity contribution in [2.24, 2.45) is 0 Å². The van der Waals surface area contributed by atoms with Crippen molar-refractivity contribution < 1.29 is 9.18 Å². The summed E-state index contributed by atoms with van der Waals surface area (Å²) in [6.07, 6.45) is 3.81. The third-order valence-corrected chi connectivity index (χ3v) is 6.87. The number of nitrogens with zero attached hydrogens (tertiary/aromatic N) is 3. The molecule has 0 radical (unpaired) electrons. The van der Waals surface area contributed by atoms with E-state index in [1.165, 1.54) is 52.9 Å². The second-order valence-electron chi connectivity index (χ2n) is 8.26. The van der Waals surface area contributed by atoms with E-state index in [9.17, 15) is 14.0 Å². The van der Waals surface area contributed by atoms with Gasteiger partial charge in [-0.05, 0) is 61.2 Å². The number of rotatable bonds is 5. The van der Waals surface area contributed by atoms with Gasteiger partial charge in [0, 0.05) is 35.4 Å². The zero-order valence-corrected chi connectivity index (χ0v) is 19.0. The minimum absolute atomic E-state index is 0.145. The number of benzene rings is 2. The van der Waals surface area contributed by atoms with E-state index >= 15 is 0 Å². The van der Waals surface area contributed by atoms with Crippen molar-refractivity contribution in [3.63, 3.8) is 0 Å². The third kappa shape index (κ3) is 4.26. The van der Waals surface area contributed by atoms with E-state index in [0.29, 0.717) is 15.8 Å². The molecule has 0 bridgehead atoms. The quantitative estimate of drug-likeness (QED) is 0.462. The lowest BCUT2D eigenvalue weighted by Crippen LogP contribution is -2.28. The molecule has 0 saturated carbocycles. The van der Waals surface area contributed by atoms with Crippen LogP contribution in [0.5, 0.6) is 0 Å². The second-order valence-corrected chi connectivity index (χ2v) is 9.11. The number of thiophene rings is 1. The lowest BCUT2D eigenvalue weighted by molar-refractivity contribution is -0.116. The Bertz CT molecular complexity index is 1390. The molecule has 4 aromatic rings. The van der Waals surface area contributed by atoms with Gasteiger partial charge in [-0.1, -0.05) is 12.1 Å². The van der Waals surface area contributed by atoms with Gasteiger partial charge in [-0.15, -0.1) is 11.3 Å². The summed E-state index contributed by atoms with van der Waals surface area (Å²) in [6.45, 7) is 3.95. The number of halogens is 1. The number of nitrogens with one attached hydrogen (secondary N) is 1. The first-order valence-electron chi connectivity index (χ1n) is 10.9. The number of hydrogen-bond donors (Lipinski definition) is 1. The van der Waals surface area contributed by atoms with E-state index in [1.807, 2.05) is 24.4 Å². The molecule has 1 amide bonds. The van der Waals surface area contributed by atoms with Gasteiger partial charge in [0.25, 0.3) is 5.56 Å². The normalized spacial score (nSPS) is 13.6. The predicted molar refractivity (Wildman–Crippen MR) is 131 cm³/mol. The number of fused-ring (bicyclic) bond motifs is 1. The smallest absolute Gasteiger partial charge is 0.263 e. The molecule has 0 aliphatic carbocycles. The van der Waals surface area contributed by atoms with Crippen molar-refractivity contribution in [2.45, 2.75) is 26.3 Å². The standard InChI is InChI=1S/C25H23FN4O2S/c1-16-12-19(29-10-2-3-11-29)8-9-21(16)28-22(31)13-30-15-27-24-23(25(30)32)20(14-33-24)17-4-6-18(26)7-5-17/h4-9,12,14-15H,2-3,10-11,13H2,1H3,(H,28,31). The maximum atomic E-state index is 13.3. The molecule has 6 nitrogen and oxygen atoms in total. The highest BCUT2D eigenvalue weighted by atomic mass is 32.1. The Morgan fingerprint density at radius 3 is 2.64 bits per heavy atom. The van der Waals surface area contributed by atoms with Crippen LogP contribution in [0.15, 0.2) is 59.0 Å². The molecule has 3 heterocycles. The van der Waals surface area contributed by atoms with Crippen LogP contribution in [-0.4, -0.2) is 28.5 Å². The molecule has 2 aromatic carbocycles. The summed E-state index contributed by atoms with van der Waals surface area (Å²) in [5.41, 5.74) is 4.00. The summed E-state index contributed by atoms with van der Waals surface area (Å²) in [4.78, 5) is 33.2. The van der Waals surface area contributed by atoms with Crippen molar-refractivity contribution in [2.75, 3.05) is 23.3 Å². The largest absolute Gasteiger partial charge is 0.372 e. The van der Waals surface area contributed by atoms with Gasteiger partial charge < -0.3 is 10.2 Å². The Morgan fingerprint density at radius 1 is 1.15 bits per heavy atom. The van der Waals surface area contributed by atoms with E-state index in [0.717, 1.165) is 29.9 Å². The number of carbonyl (C=O) groups is 1. The number of anilines is 2. The van der Waals surface area contributed by atoms with Gasteiger partial charge in [-0.3, -0.25) is 14.2 Å². The van der Waals surface area contributed by atoms with Crippen LogP contribution in [0, 0.1) is 12.7 Å². The molecule has 2 aromatic heterocycles. The maximum Gasteiger partial charge on any atom is 0.263 e. The Hall–Kier alpha value is -3.52. The Morgan fingerprint density at radius 2 is 1.91 bits per heavy atom. The van der Waals surface area contributed by atoms with Crippen LogP contribution in [0.4, 0.5) is 15.8 Å². The third-order valence-electron chi connectivity index (χ3n) is 5.99. The predicted octanol–water partition coefficient (Wildman–Crippen LogP) is 4.81. The summed E-state index contributed by atoms with van der Waals surface area (Å²) in [5.74, 6) is -0.636. The molecule has 8 heteroatoms. The van der Waals surface area contributed by atoms with Crippen LogP contribution in [0.25, 0.3) is 21.3 Å². The zero-order chi connectivity index (χ0) is 22.9. The zero-order valence-electron chi connectivity index (χ0n) is 18.2. The van der Waals surface area contributed by atoms with E-state index < -0.39 is 0 Å². The molecule has 5 rings (SSSR count). The van der Waals surface area contributed by atoms with Crippen LogP contribution < -0.4 is 15.8 Å². The Labute approximate surface area is 194 Å². The molecule has 1 aliphatic heterocycles. The topological polar surface area (TPSA) is 67.2 Å². The van der Waals surface area contributed by atoms with Crippen LogP contribution in [0.3, 0.4) is 0 Å². The Kier molecular flexibility index (Phi) is 5.68. The maximum absolute atomic E-state index is 13.3. The van der Waals surface area contributed by atoms with Gasteiger partial charge in [0.15, 0.2) is 0 Å². The molecule has 33 heavy (non-hydrogen) atoms. The summed E-state index contributed by atoms with van der Waals surface area (Å²) in [7, 11) is 0. The molecule has 168 valence electrons. The molecule has 0 atom stereocenters. The molecule has 1 saturated heterocycles. The summed E-state index contributed by atoms with van der Waals surface area (Å²) in [6, 6.07) is 12.0. The number of aromatic nitrogens is 2. The highest BCUT2D eigenvalue weighted by Gasteiger charge is 2.16. The van der Waals surface area contributed by atoms with Crippen molar-refractivity contribution in [1.29, 1.82) is 0 Å². The molecular formula is C25H23FN4O2S. The first-order valence-corrected chi connectivity index (χ1v) is 11.8. The van der Waals surface area contributed by atoms with Crippen molar-refractivity contribution >= 4 is 38.8 Å². The van der Waals surface area contributed by atoms with E-state index in [1.54, 1.807) is 12.1 Å². The summed E-state index contributed by atoms with van der Waals surface area (Å²) < 4.78 is 14.6. The van der Waals surface area contributed by atoms with Crippen LogP contribution in [0.2, 0.25) is 0 Å². The number of carbonyl (C=O) groups excluding carboxylic acids is 1.